The van der Waals surface area contributed by atoms with Gasteiger partial charge in [-0.05, 0) is 23.6 Å². The molecule has 0 atom stereocenters. The van der Waals surface area contributed by atoms with E-state index in [0.29, 0.717) is 17.3 Å². The van der Waals surface area contributed by atoms with Crippen LogP contribution in [-0.4, -0.2) is 38.0 Å². The summed E-state index contributed by atoms with van der Waals surface area (Å²) < 4.78 is 5.82. The van der Waals surface area contributed by atoms with Crippen LogP contribution in [0.1, 0.15) is 16.2 Å². The fourth-order valence-corrected chi connectivity index (χ4v) is 3.59. The quantitative estimate of drug-likeness (QED) is 0.441. The number of benzene rings is 1. The Morgan fingerprint density at radius 2 is 2.13 bits per heavy atom. The molecule has 0 bridgehead atoms. The van der Waals surface area contributed by atoms with Crippen LogP contribution in [0.4, 0.5) is 5.69 Å². The maximum Gasteiger partial charge on any atom is 0.340 e. The van der Waals surface area contributed by atoms with Gasteiger partial charge >= 0.3 is 5.97 Å². The second kappa shape index (κ2) is 8.47. The molecule has 0 saturated carbocycles. The first-order chi connectivity index (χ1) is 14.6. The maximum atomic E-state index is 12.8. The standard InChI is InChI=1S/C19H15ClN6O3S/c1-29-19(28)11-5-2-3-6-13(11)26-18(27)16(20)12(9-22-26)21-10-15-23-17(25-24-15)14-7-4-8-30-14/h2-9,21H,10H2,1H3,(H,23,24,25). The minimum Gasteiger partial charge on any atom is -0.465 e. The molecule has 0 spiro atoms. The molecule has 4 rings (SSSR count). The SMILES string of the molecule is COC(=O)c1ccccc1-n1ncc(NCc2nc(-c3cccs3)n[nH]2)c(Cl)c1=O. The molecule has 0 aliphatic rings. The molecule has 1 aromatic carbocycles. The lowest BCUT2D eigenvalue weighted by Crippen LogP contribution is -2.24. The largest absolute Gasteiger partial charge is 0.465 e. The van der Waals surface area contributed by atoms with E-state index in [1.54, 1.807) is 24.3 Å². The van der Waals surface area contributed by atoms with Gasteiger partial charge in [0.15, 0.2) is 5.82 Å². The predicted molar refractivity (Wildman–Crippen MR) is 113 cm³/mol. The average molecular weight is 443 g/mol. The number of methoxy groups -OCH3 is 1. The molecule has 0 aliphatic carbocycles. The summed E-state index contributed by atoms with van der Waals surface area (Å²) in [5.74, 6) is 0.597. The van der Waals surface area contributed by atoms with Crippen molar-refractivity contribution in [3.8, 4) is 16.4 Å². The van der Waals surface area contributed by atoms with Crippen LogP contribution in [0.2, 0.25) is 5.02 Å². The number of rotatable bonds is 6. The number of carbonyl (C=O) groups excluding carboxylic acids is 1. The van der Waals surface area contributed by atoms with E-state index in [4.69, 9.17) is 16.3 Å². The second-order valence-electron chi connectivity index (χ2n) is 6.03. The number of thiophene rings is 1. The van der Waals surface area contributed by atoms with Crippen molar-refractivity contribution in [1.29, 1.82) is 0 Å². The van der Waals surface area contributed by atoms with E-state index in [1.165, 1.54) is 24.6 Å². The first-order valence-electron chi connectivity index (χ1n) is 8.73. The van der Waals surface area contributed by atoms with Crippen molar-refractivity contribution in [2.45, 2.75) is 6.54 Å². The van der Waals surface area contributed by atoms with E-state index < -0.39 is 11.5 Å². The fourth-order valence-electron chi connectivity index (χ4n) is 2.74. The van der Waals surface area contributed by atoms with Crippen molar-refractivity contribution < 1.29 is 9.53 Å². The number of halogens is 1. The Kier molecular flexibility index (Phi) is 5.59. The van der Waals surface area contributed by atoms with Crippen molar-refractivity contribution >= 4 is 34.6 Å². The van der Waals surface area contributed by atoms with Crippen molar-refractivity contribution in [1.82, 2.24) is 25.0 Å². The van der Waals surface area contributed by atoms with Gasteiger partial charge in [0.25, 0.3) is 5.56 Å². The van der Waals surface area contributed by atoms with Crippen LogP contribution in [0, 0.1) is 0 Å². The summed E-state index contributed by atoms with van der Waals surface area (Å²) >= 11 is 7.81. The van der Waals surface area contributed by atoms with E-state index in [2.05, 4.69) is 25.6 Å². The van der Waals surface area contributed by atoms with Crippen molar-refractivity contribution in [3.63, 3.8) is 0 Å². The van der Waals surface area contributed by atoms with E-state index >= 15 is 0 Å². The molecule has 0 fully saturated rings. The Morgan fingerprint density at radius 3 is 2.90 bits per heavy atom. The van der Waals surface area contributed by atoms with Gasteiger partial charge in [0, 0.05) is 0 Å². The summed E-state index contributed by atoms with van der Waals surface area (Å²) in [5, 5.41) is 16.1. The number of hydrogen-bond donors (Lipinski definition) is 2. The molecule has 0 aliphatic heterocycles. The highest BCUT2D eigenvalue weighted by atomic mass is 35.5. The Balaban J connectivity index is 1.57. The normalized spacial score (nSPS) is 10.7. The first kappa shape index (κ1) is 19.8. The van der Waals surface area contributed by atoms with Crippen LogP contribution >= 0.6 is 22.9 Å². The zero-order valence-electron chi connectivity index (χ0n) is 15.6. The molecule has 0 radical (unpaired) electrons. The highest BCUT2D eigenvalue weighted by Gasteiger charge is 2.17. The molecule has 0 amide bonds. The second-order valence-corrected chi connectivity index (χ2v) is 7.36. The molecule has 0 unspecified atom stereocenters. The molecular formula is C19H15ClN6O3S. The van der Waals surface area contributed by atoms with Gasteiger partial charge in [-0.3, -0.25) is 9.89 Å². The van der Waals surface area contributed by atoms with Crippen LogP contribution in [0.5, 0.6) is 0 Å². The van der Waals surface area contributed by atoms with Crippen LogP contribution in [0.3, 0.4) is 0 Å². The molecule has 152 valence electrons. The van der Waals surface area contributed by atoms with Crippen molar-refractivity contribution in [3.05, 3.63) is 74.7 Å². The smallest absolute Gasteiger partial charge is 0.340 e. The van der Waals surface area contributed by atoms with Gasteiger partial charge in [-0.15, -0.1) is 11.3 Å². The minimum atomic E-state index is -0.579. The number of anilines is 1. The topological polar surface area (TPSA) is 115 Å². The molecule has 30 heavy (non-hydrogen) atoms. The molecule has 11 heteroatoms. The summed E-state index contributed by atoms with van der Waals surface area (Å²) in [7, 11) is 1.27. The number of nitrogens with one attached hydrogen (secondary N) is 2. The third-order valence-electron chi connectivity index (χ3n) is 4.18. The fraction of sp³-hybridized carbons (Fsp3) is 0.105. The zero-order chi connectivity index (χ0) is 21.1. The van der Waals surface area contributed by atoms with Gasteiger partial charge in [-0.2, -0.15) is 14.9 Å². The van der Waals surface area contributed by atoms with E-state index in [0.717, 1.165) is 9.56 Å². The van der Waals surface area contributed by atoms with E-state index in [9.17, 15) is 9.59 Å². The monoisotopic (exact) mass is 442 g/mol. The number of nitrogens with zero attached hydrogens (tertiary/aromatic N) is 4. The Bertz CT molecular complexity index is 1250. The zero-order valence-corrected chi connectivity index (χ0v) is 17.2. The summed E-state index contributed by atoms with van der Waals surface area (Å²) in [6, 6.07) is 10.3. The van der Waals surface area contributed by atoms with Crippen LogP contribution in [-0.2, 0) is 11.3 Å². The number of aromatic amines is 1. The number of para-hydroxylation sites is 1. The van der Waals surface area contributed by atoms with Crippen LogP contribution < -0.4 is 10.9 Å². The highest BCUT2D eigenvalue weighted by molar-refractivity contribution is 7.13. The highest BCUT2D eigenvalue weighted by Crippen LogP contribution is 2.22. The van der Waals surface area contributed by atoms with Crippen molar-refractivity contribution in [2.75, 3.05) is 12.4 Å². The molecule has 4 aromatic rings. The Hall–Kier alpha value is -3.50. The van der Waals surface area contributed by atoms with E-state index in [-0.39, 0.29) is 22.8 Å². The van der Waals surface area contributed by atoms with Crippen LogP contribution in [0.25, 0.3) is 16.4 Å². The predicted octanol–water partition coefficient (Wildman–Crippen LogP) is 3.13. The molecule has 3 heterocycles. The van der Waals surface area contributed by atoms with Gasteiger partial charge < -0.3 is 10.1 Å². The summed E-state index contributed by atoms with van der Waals surface area (Å²) in [4.78, 5) is 30.1. The number of ether oxygens (including phenoxy) is 1. The number of esters is 1. The lowest BCUT2D eigenvalue weighted by molar-refractivity contribution is 0.0600. The average Bonchev–Trinajstić information content (AvgIpc) is 3.46. The summed E-state index contributed by atoms with van der Waals surface area (Å²) in [5.41, 5.74) is 0.241. The lowest BCUT2D eigenvalue weighted by Gasteiger charge is -2.11. The maximum absolute atomic E-state index is 12.8. The number of carbonyl (C=O) groups is 1. The molecule has 2 N–H and O–H groups in total. The van der Waals surface area contributed by atoms with Gasteiger partial charge in [-0.25, -0.2) is 9.78 Å². The number of H-pyrrole nitrogens is 1. The van der Waals surface area contributed by atoms with Crippen LogP contribution in [0.15, 0.2) is 52.8 Å². The minimum absolute atomic E-state index is 0.0670. The molecule has 3 aromatic heterocycles. The van der Waals surface area contributed by atoms with Gasteiger partial charge in [0.1, 0.15) is 10.8 Å². The lowest BCUT2D eigenvalue weighted by atomic mass is 10.2. The molecular weight excluding hydrogens is 428 g/mol. The molecule has 0 saturated heterocycles. The first-order valence-corrected chi connectivity index (χ1v) is 9.99. The number of aromatic nitrogens is 5. The van der Waals surface area contributed by atoms with Gasteiger partial charge in [0.05, 0.1) is 41.7 Å². The molecule has 9 nitrogen and oxygen atoms in total. The summed E-state index contributed by atoms with van der Waals surface area (Å²) in [6.45, 7) is 0.266. The van der Waals surface area contributed by atoms with Crippen molar-refractivity contribution in [2.24, 2.45) is 0 Å². The Morgan fingerprint density at radius 1 is 1.30 bits per heavy atom. The Labute approximate surface area is 179 Å². The van der Waals surface area contributed by atoms with E-state index in [1.807, 2.05) is 17.5 Å². The number of hydrogen-bond acceptors (Lipinski definition) is 8. The third kappa shape index (κ3) is 3.82. The van der Waals surface area contributed by atoms with Gasteiger partial charge in [0.2, 0.25) is 0 Å². The van der Waals surface area contributed by atoms with Gasteiger partial charge in [-0.1, -0.05) is 29.8 Å². The third-order valence-corrected chi connectivity index (χ3v) is 5.41. The summed E-state index contributed by atoms with van der Waals surface area (Å²) in [6.07, 6.45) is 1.41.